The number of likely N-dealkylation sites (tertiary alicyclic amines) is 1. The van der Waals surface area contributed by atoms with Crippen molar-refractivity contribution in [3.05, 3.63) is 0 Å². The van der Waals surface area contributed by atoms with Crippen LogP contribution in [0.4, 0.5) is 4.79 Å². The van der Waals surface area contributed by atoms with E-state index in [2.05, 4.69) is 4.74 Å². The van der Waals surface area contributed by atoms with Gasteiger partial charge in [-0.15, -0.1) is 0 Å². The minimum atomic E-state index is -1.13. The lowest BCUT2D eigenvalue weighted by Crippen LogP contribution is -2.40. The third kappa shape index (κ3) is 4.20. The first-order valence-electron chi connectivity index (χ1n) is 7.81. The number of alkyl carbamates (subject to hydrolysis) is 1. The van der Waals surface area contributed by atoms with Crippen LogP contribution in [0.3, 0.4) is 0 Å². The summed E-state index contributed by atoms with van der Waals surface area (Å²) in [5, 5.41) is 1.93. The standard InChI is InChI=1S/C15H22N2O6/c1-9(13(19)16-15(21)22-2)23-14(20)10-7-12(18)17(8-10)11-5-3-4-6-11/h9-11H,3-8H2,1-2H3,(H,16,19,21)/t9-,10-/m0/s1. The van der Waals surface area contributed by atoms with Gasteiger partial charge >= 0.3 is 12.1 Å². The summed E-state index contributed by atoms with van der Waals surface area (Å²) in [6.07, 6.45) is 2.23. The Labute approximate surface area is 134 Å². The predicted octanol–water partition coefficient (Wildman–Crippen LogP) is 0.592. The summed E-state index contributed by atoms with van der Waals surface area (Å²) in [5.41, 5.74) is 0. The molecular weight excluding hydrogens is 304 g/mol. The lowest BCUT2D eigenvalue weighted by atomic mass is 10.1. The molecule has 0 unspecified atom stereocenters. The van der Waals surface area contributed by atoms with Crippen LogP contribution in [-0.2, 0) is 23.9 Å². The van der Waals surface area contributed by atoms with Crippen molar-refractivity contribution < 1.29 is 28.7 Å². The molecular formula is C15H22N2O6. The zero-order valence-corrected chi connectivity index (χ0v) is 13.4. The van der Waals surface area contributed by atoms with Crippen LogP contribution >= 0.6 is 0 Å². The van der Waals surface area contributed by atoms with Gasteiger partial charge in [0.05, 0.1) is 13.0 Å². The molecule has 2 aliphatic rings. The average Bonchev–Trinajstić information content (AvgIpc) is 3.15. The molecule has 2 fully saturated rings. The molecule has 0 radical (unpaired) electrons. The lowest BCUT2D eigenvalue weighted by molar-refractivity contribution is -0.158. The third-order valence-corrected chi connectivity index (χ3v) is 4.33. The van der Waals surface area contributed by atoms with Gasteiger partial charge in [-0.2, -0.15) is 0 Å². The van der Waals surface area contributed by atoms with Crippen LogP contribution in [0, 0.1) is 5.92 Å². The SMILES string of the molecule is COC(=O)NC(=O)[C@H](C)OC(=O)[C@H]1CC(=O)N(C2CCCC2)C1. The molecule has 0 aromatic heterocycles. The van der Waals surface area contributed by atoms with Crippen molar-refractivity contribution in [2.24, 2.45) is 5.92 Å². The van der Waals surface area contributed by atoms with Crippen molar-refractivity contribution in [3.8, 4) is 0 Å². The van der Waals surface area contributed by atoms with Crippen LogP contribution in [0.1, 0.15) is 39.0 Å². The first-order valence-corrected chi connectivity index (χ1v) is 7.81. The van der Waals surface area contributed by atoms with E-state index in [0.717, 1.165) is 32.8 Å². The van der Waals surface area contributed by atoms with Gasteiger partial charge in [0.1, 0.15) is 0 Å². The fourth-order valence-electron chi connectivity index (χ4n) is 3.04. The van der Waals surface area contributed by atoms with Gasteiger partial charge in [0.25, 0.3) is 5.91 Å². The Morgan fingerprint density at radius 1 is 1.26 bits per heavy atom. The zero-order valence-electron chi connectivity index (χ0n) is 13.4. The number of carbonyl (C=O) groups is 4. The van der Waals surface area contributed by atoms with Gasteiger partial charge in [-0.1, -0.05) is 12.8 Å². The lowest BCUT2D eigenvalue weighted by Gasteiger charge is -2.24. The number of ether oxygens (including phenoxy) is 2. The largest absolute Gasteiger partial charge is 0.453 e. The van der Waals surface area contributed by atoms with E-state index in [4.69, 9.17) is 4.74 Å². The van der Waals surface area contributed by atoms with Crippen LogP contribution in [0.5, 0.6) is 0 Å². The summed E-state index contributed by atoms with van der Waals surface area (Å²) < 4.78 is 9.36. The predicted molar refractivity (Wildman–Crippen MR) is 78.2 cm³/mol. The number of esters is 1. The van der Waals surface area contributed by atoms with Crippen molar-refractivity contribution >= 4 is 23.9 Å². The number of nitrogens with one attached hydrogen (secondary N) is 1. The quantitative estimate of drug-likeness (QED) is 0.759. The Hall–Kier alpha value is -2.12. The van der Waals surface area contributed by atoms with E-state index in [1.165, 1.54) is 6.92 Å². The Morgan fingerprint density at radius 3 is 2.52 bits per heavy atom. The monoisotopic (exact) mass is 326 g/mol. The molecule has 0 bridgehead atoms. The molecule has 8 nitrogen and oxygen atoms in total. The van der Waals surface area contributed by atoms with E-state index in [9.17, 15) is 19.2 Å². The van der Waals surface area contributed by atoms with E-state index >= 15 is 0 Å². The van der Waals surface area contributed by atoms with E-state index in [-0.39, 0.29) is 18.4 Å². The van der Waals surface area contributed by atoms with Gasteiger partial charge in [0.2, 0.25) is 5.91 Å². The minimum Gasteiger partial charge on any atom is -0.453 e. The van der Waals surface area contributed by atoms with Gasteiger partial charge in [-0.05, 0) is 19.8 Å². The molecule has 3 amide bonds. The minimum absolute atomic E-state index is 0.0366. The fraction of sp³-hybridized carbons (Fsp3) is 0.733. The number of imide groups is 1. The molecule has 2 atom stereocenters. The average molecular weight is 326 g/mol. The summed E-state index contributed by atoms with van der Waals surface area (Å²) in [4.78, 5) is 48.5. The molecule has 1 saturated heterocycles. The highest BCUT2D eigenvalue weighted by Crippen LogP contribution is 2.30. The Bertz CT molecular complexity index is 500. The van der Waals surface area contributed by atoms with Crippen LogP contribution in [0.25, 0.3) is 0 Å². The van der Waals surface area contributed by atoms with Crippen molar-refractivity contribution in [3.63, 3.8) is 0 Å². The van der Waals surface area contributed by atoms with E-state index in [1.807, 2.05) is 5.32 Å². The summed E-state index contributed by atoms with van der Waals surface area (Å²) >= 11 is 0. The number of hydrogen-bond acceptors (Lipinski definition) is 6. The summed E-state index contributed by atoms with van der Waals surface area (Å²) in [7, 11) is 1.13. The van der Waals surface area contributed by atoms with Gasteiger partial charge in [-0.25, -0.2) is 4.79 Å². The highest BCUT2D eigenvalue weighted by atomic mass is 16.6. The molecule has 0 aromatic carbocycles. The van der Waals surface area contributed by atoms with Crippen molar-refractivity contribution in [2.75, 3.05) is 13.7 Å². The van der Waals surface area contributed by atoms with E-state index in [0.29, 0.717) is 6.54 Å². The van der Waals surface area contributed by atoms with Gasteiger partial charge in [-0.3, -0.25) is 19.7 Å². The summed E-state index contributed by atoms with van der Waals surface area (Å²) in [6.45, 7) is 1.70. The maximum absolute atomic E-state index is 12.1. The Kier molecular flexibility index (Phi) is 5.57. The van der Waals surface area contributed by atoms with Crippen LogP contribution in [0.2, 0.25) is 0 Å². The molecule has 128 valence electrons. The highest BCUT2D eigenvalue weighted by molar-refractivity contribution is 5.95. The molecule has 1 aliphatic carbocycles. The van der Waals surface area contributed by atoms with Gasteiger partial charge in [0, 0.05) is 19.0 Å². The van der Waals surface area contributed by atoms with E-state index < -0.39 is 30.0 Å². The Balaban J connectivity index is 1.85. The first-order chi connectivity index (χ1) is 10.9. The van der Waals surface area contributed by atoms with Crippen molar-refractivity contribution in [1.82, 2.24) is 10.2 Å². The van der Waals surface area contributed by atoms with Crippen LogP contribution < -0.4 is 5.32 Å². The van der Waals surface area contributed by atoms with Gasteiger partial charge < -0.3 is 14.4 Å². The number of amides is 3. The number of nitrogens with zero attached hydrogens (tertiary/aromatic N) is 1. The molecule has 1 saturated carbocycles. The molecule has 1 heterocycles. The normalized spacial score (nSPS) is 22.8. The molecule has 1 N–H and O–H groups in total. The number of rotatable bonds is 4. The third-order valence-electron chi connectivity index (χ3n) is 4.33. The fourth-order valence-corrected chi connectivity index (χ4v) is 3.04. The van der Waals surface area contributed by atoms with Crippen molar-refractivity contribution in [1.29, 1.82) is 0 Å². The molecule has 1 aliphatic heterocycles. The molecule has 23 heavy (non-hydrogen) atoms. The van der Waals surface area contributed by atoms with Gasteiger partial charge in [0.15, 0.2) is 6.10 Å². The van der Waals surface area contributed by atoms with Crippen molar-refractivity contribution in [2.45, 2.75) is 51.2 Å². The highest BCUT2D eigenvalue weighted by Gasteiger charge is 2.40. The second-order valence-corrected chi connectivity index (χ2v) is 5.95. The topological polar surface area (TPSA) is 102 Å². The Morgan fingerprint density at radius 2 is 1.91 bits per heavy atom. The molecule has 0 spiro atoms. The molecule has 0 aromatic rings. The van der Waals surface area contributed by atoms with Crippen LogP contribution in [-0.4, -0.2) is 54.6 Å². The number of hydrogen-bond donors (Lipinski definition) is 1. The maximum atomic E-state index is 12.1. The van der Waals surface area contributed by atoms with Crippen LogP contribution in [0.15, 0.2) is 0 Å². The smallest absolute Gasteiger partial charge is 0.413 e. The molecule has 8 heteroatoms. The second-order valence-electron chi connectivity index (χ2n) is 5.95. The number of carbonyl (C=O) groups excluding carboxylic acids is 4. The second kappa shape index (κ2) is 7.43. The molecule has 2 rings (SSSR count). The van der Waals surface area contributed by atoms with E-state index in [1.54, 1.807) is 4.90 Å². The zero-order chi connectivity index (χ0) is 17.0. The summed E-state index contributed by atoms with van der Waals surface area (Å²) in [6, 6.07) is 0.223. The maximum Gasteiger partial charge on any atom is 0.413 e. The summed E-state index contributed by atoms with van der Waals surface area (Å²) in [5.74, 6) is -1.95. The first kappa shape index (κ1) is 17.2. The number of methoxy groups -OCH3 is 1.